The van der Waals surface area contributed by atoms with E-state index in [0.29, 0.717) is 17.0 Å². The quantitative estimate of drug-likeness (QED) is 0.725. The van der Waals surface area contributed by atoms with E-state index in [0.717, 1.165) is 23.2 Å². The van der Waals surface area contributed by atoms with E-state index in [1.165, 1.54) is 5.56 Å². The third-order valence-corrected chi connectivity index (χ3v) is 4.75. The van der Waals surface area contributed by atoms with Crippen molar-refractivity contribution in [3.63, 3.8) is 0 Å². The Labute approximate surface area is 158 Å². The number of carbonyl (C=O) groups excluding carboxylic acids is 1. The second kappa shape index (κ2) is 7.65. The Hall–Kier alpha value is -3.09. The number of pyridine rings is 1. The molecule has 0 unspecified atom stereocenters. The van der Waals surface area contributed by atoms with Gasteiger partial charge in [-0.15, -0.1) is 0 Å². The number of fused-ring (bicyclic) bond motifs is 1. The first-order valence-corrected chi connectivity index (χ1v) is 8.89. The van der Waals surface area contributed by atoms with E-state index in [4.69, 9.17) is 4.74 Å². The van der Waals surface area contributed by atoms with Gasteiger partial charge >= 0.3 is 6.03 Å². The fourth-order valence-corrected chi connectivity index (χ4v) is 3.27. The average Bonchev–Trinajstić information content (AvgIpc) is 2.88. The highest BCUT2D eigenvalue weighted by Crippen LogP contribution is 2.29. The summed E-state index contributed by atoms with van der Waals surface area (Å²) in [5.74, 6) is 0.674. The minimum atomic E-state index is -0.253. The maximum absolute atomic E-state index is 12.5. The zero-order valence-corrected chi connectivity index (χ0v) is 16.3. The van der Waals surface area contributed by atoms with Gasteiger partial charge in [-0.1, -0.05) is 0 Å². The lowest BCUT2D eigenvalue weighted by Gasteiger charge is -2.16. The van der Waals surface area contributed by atoms with Crippen LogP contribution in [-0.4, -0.2) is 33.9 Å². The van der Waals surface area contributed by atoms with Crippen LogP contribution in [0.15, 0.2) is 30.5 Å². The zero-order valence-electron chi connectivity index (χ0n) is 16.3. The number of benzene rings is 1. The van der Waals surface area contributed by atoms with E-state index in [1.54, 1.807) is 19.4 Å². The number of nitrogens with one attached hydrogen (secondary N) is 2. The van der Waals surface area contributed by atoms with Gasteiger partial charge in [-0.05, 0) is 57.0 Å². The molecule has 0 radical (unpaired) electrons. The van der Waals surface area contributed by atoms with Gasteiger partial charge in [0.15, 0.2) is 0 Å². The van der Waals surface area contributed by atoms with E-state index in [9.17, 15) is 4.79 Å². The van der Waals surface area contributed by atoms with Crippen LogP contribution < -0.4 is 15.4 Å². The topological polar surface area (TPSA) is 81.1 Å². The van der Waals surface area contributed by atoms with E-state index >= 15 is 0 Å². The van der Waals surface area contributed by atoms with Crippen LogP contribution in [0.25, 0.3) is 10.9 Å². The standard InChI is InChI=1S/C20H25N5O2/c1-12(11-16-13(2)24-25(4)14(16)3)22-20(26)23-17-8-9-18(27-5)19-15(17)7-6-10-21-19/h6-10,12H,11H2,1-5H3,(H2,22,23,26)/t12-/m0/s1. The van der Waals surface area contributed by atoms with Crippen LogP contribution in [0.1, 0.15) is 23.9 Å². The monoisotopic (exact) mass is 367 g/mol. The van der Waals surface area contributed by atoms with Gasteiger partial charge in [-0.2, -0.15) is 5.10 Å². The smallest absolute Gasteiger partial charge is 0.319 e. The molecule has 0 fully saturated rings. The number of aryl methyl sites for hydroxylation is 2. The van der Waals surface area contributed by atoms with Crippen molar-refractivity contribution in [2.75, 3.05) is 12.4 Å². The molecule has 7 heteroatoms. The molecule has 7 nitrogen and oxygen atoms in total. The summed E-state index contributed by atoms with van der Waals surface area (Å²) >= 11 is 0. The molecular weight excluding hydrogens is 342 g/mol. The van der Waals surface area contributed by atoms with Crippen LogP contribution >= 0.6 is 0 Å². The molecule has 3 aromatic rings. The molecule has 0 aliphatic carbocycles. The highest BCUT2D eigenvalue weighted by Gasteiger charge is 2.16. The molecule has 2 amide bonds. The van der Waals surface area contributed by atoms with Crippen molar-refractivity contribution in [2.24, 2.45) is 7.05 Å². The normalized spacial score (nSPS) is 12.0. The zero-order chi connectivity index (χ0) is 19.6. The Kier molecular flexibility index (Phi) is 5.30. The van der Waals surface area contributed by atoms with Crippen LogP contribution in [0, 0.1) is 13.8 Å². The molecule has 2 aromatic heterocycles. The number of anilines is 1. The maximum atomic E-state index is 12.5. The number of methoxy groups -OCH3 is 1. The van der Waals surface area contributed by atoms with E-state index in [-0.39, 0.29) is 12.1 Å². The summed E-state index contributed by atoms with van der Waals surface area (Å²) in [4.78, 5) is 16.8. The van der Waals surface area contributed by atoms with Gasteiger partial charge in [-0.25, -0.2) is 4.79 Å². The van der Waals surface area contributed by atoms with Crippen LogP contribution in [0.3, 0.4) is 0 Å². The van der Waals surface area contributed by atoms with E-state index in [2.05, 4.69) is 20.7 Å². The minimum Gasteiger partial charge on any atom is -0.494 e. The van der Waals surface area contributed by atoms with Gasteiger partial charge in [0.2, 0.25) is 0 Å². The van der Waals surface area contributed by atoms with Crippen LogP contribution in [0.2, 0.25) is 0 Å². The van der Waals surface area contributed by atoms with Crippen molar-refractivity contribution >= 4 is 22.6 Å². The SMILES string of the molecule is COc1ccc(NC(=O)N[C@@H](C)Cc2c(C)nn(C)c2C)c2cccnc12. The molecule has 0 spiro atoms. The summed E-state index contributed by atoms with van der Waals surface area (Å²) in [6.07, 6.45) is 2.43. The number of ether oxygens (including phenoxy) is 1. The Morgan fingerprint density at radius 3 is 2.74 bits per heavy atom. The lowest BCUT2D eigenvalue weighted by atomic mass is 10.1. The summed E-state index contributed by atoms with van der Waals surface area (Å²) in [5, 5.41) is 11.2. The Morgan fingerprint density at radius 2 is 2.07 bits per heavy atom. The molecule has 3 rings (SSSR count). The van der Waals surface area contributed by atoms with Gasteiger partial charge in [0.25, 0.3) is 0 Å². The van der Waals surface area contributed by atoms with Gasteiger partial charge in [0.1, 0.15) is 11.3 Å². The third-order valence-electron chi connectivity index (χ3n) is 4.75. The second-order valence-corrected chi connectivity index (χ2v) is 6.69. The second-order valence-electron chi connectivity index (χ2n) is 6.69. The Morgan fingerprint density at radius 1 is 1.30 bits per heavy atom. The first kappa shape index (κ1) is 18.7. The summed E-state index contributed by atoms with van der Waals surface area (Å²) in [7, 11) is 3.53. The summed E-state index contributed by atoms with van der Waals surface area (Å²) in [6, 6.07) is 7.08. The molecule has 142 valence electrons. The number of urea groups is 1. The number of aromatic nitrogens is 3. The molecule has 2 heterocycles. The van der Waals surface area contributed by atoms with Crippen molar-refractivity contribution in [1.82, 2.24) is 20.1 Å². The van der Waals surface area contributed by atoms with Gasteiger partial charge < -0.3 is 15.4 Å². The molecule has 0 saturated carbocycles. The minimum absolute atomic E-state index is 0.0331. The van der Waals surface area contributed by atoms with Gasteiger partial charge in [0, 0.05) is 30.4 Å². The van der Waals surface area contributed by atoms with E-state index < -0.39 is 0 Å². The molecule has 1 aromatic carbocycles. The molecule has 0 saturated heterocycles. The number of rotatable bonds is 5. The predicted molar refractivity (Wildman–Crippen MR) is 106 cm³/mol. The summed E-state index contributed by atoms with van der Waals surface area (Å²) in [5.41, 5.74) is 4.69. The summed E-state index contributed by atoms with van der Waals surface area (Å²) < 4.78 is 7.21. The highest BCUT2D eigenvalue weighted by atomic mass is 16.5. The van der Waals surface area contributed by atoms with Crippen molar-refractivity contribution in [3.05, 3.63) is 47.4 Å². The molecular formula is C20H25N5O2. The van der Waals surface area contributed by atoms with Gasteiger partial charge in [0.05, 0.1) is 18.5 Å². The van der Waals surface area contributed by atoms with Crippen molar-refractivity contribution in [2.45, 2.75) is 33.2 Å². The number of nitrogens with zero attached hydrogens (tertiary/aromatic N) is 3. The fraction of sp³-hybridized carbons (Fsp3) is 0.350. The van der Waals surface area contributed by atoms with E-state index in [1.807, 2.05) is 50.7 Å². The van der Waals surface area contributed by atoms with Crippen LogP contribution in [0.4, 0.5) is 10.5 Å². The lowest BCUT2D eigenvalue weighted by Crippen LogP contribution is -2.37. The number of carbonyl (C=O) groups is 1. The fourth-order valence-electron chi connectivity index (χ4n) is 3.27. The molecule has 0 aliphatic rings. The first-order chi connectivity index (χ1) is 12.9. The van der Waals surface area contributed by atoms with Crippen LogP contribution in [0.5, 0.6) is 5.75 Å². The lowest BCUT2D eigenvalue weighted by molar-refractivity contribution is 0.249. The highest BCUT2D eigenvalue weighted by molar-refractivity contribution is 6.02. The largest absolute Gasteiger partial charge is 0.494 e. The molecule has 1 atom stereocenters. The number of hydrogen-bond acceptors (Lipinski definition) is 4. The molecule has 2 N–H and O–H groups in total. The Balaban J connectivity index is 1.72. The molecule has 0 aliphatic heterocycles. The van der Waals surface area contributed by atoms with Crippen molar-refractivity contribution in [3.8, 4) is 5.75 Å². The number of hydrogen-bond donors (Lipinski definition) is 2. The molecule has 0 bridgehead atoms. The van der Waals surface area contributed by atoms with Crippen molar-refractivity contribution < 1.29 is 9.53 Å². The van der Waals surface area contributed by atoms with Crippen molar-refractivity contribution in [1.29, 1.82) is 0 Å². The van der Waals surface area contributed by atoms with Gasteiger partial charge in [-0.3, -0.25) is 9.67 Å². The number of amides is 2. The third kappa shape index (κ3) is 3.86. The maximum Gasteiger partial charge on any atom is 0.319 e. The average molecular weight is 367 g/mol. The van der Waals surface area contributed by atoms with Crippen LogP contribution in [-0.2, 0) is 13.5 Å². The predicted octanol–water partition coefficient (Wildman–Crippen LogP) is 3.35. The summed E-state index contributed by atoms with van der Waals surface area (Å²) in [6.45, 7) is 6.02. The Bertz CT molecular complexity index is 980. The first-order valence-electron chi connectivity index (χ1n) is 8.89. The molecule has 27 heavy (non-hydrogen) atoms.